The van der Waals surface area contributed by atoms with Gasteiger partial charge in [0.25, 0.3) is 0 Å². The van der Waals surface area contributed by atoms with Crippen LogP contribution in [-0.4, -0.2) is 19.1 Å². The lowest BCUT2D eigenvalue weighted by Gasteiger charge is -2.20. The maximum atomic E-state index is 11.8. The van der Waals surface area contributed by atoms with Crippen molar-refractivity contribution in [2.24, 2.45) is 5.92 Å². The Hall–Kier alpha value is -2.33. The van der Waals surface area contributed by atoms with Gasteiger partial charge in [0, 0.05) is 17.8 Å². The van der Waals surface area contributed by atoms with Crippen LogP contribution in [0.25, 0.3) is 11.1 Å². The molecule has 0 unspecified atom stereocenters. The van der Waals surface area contributed by atoms with Crippen molar-refractivity contribution < 1.29 is 9.53 Å². The van der Waals surface area contributed by atoms with Gasteiger partial charge in [-0.3, -0.25) is 4.79 Å². The standard InChI is InChI=1S/C19H24N2O2/c1-13(2)18(19(22)23-3)21-12-14-8-10-15(11-9-14)16-6-4-5-7-17(16)20/h4-11,13,18,21H,12,20H2,1-3H3/t18-/m0/s1. The average Bonchev–Trinajstić information content (AvgIpc) is 2.55. The summed E-state index contributed by atoms with van der Waals surface area (Å²) in [5, 5.41) is 3.26. The minimum absolute atomic E-state index is 0.172. The van der Waals surface area contributed by atoms with Crippen LogP contribution in [0.2, 0.25) is 0 Å². The molecule has 0 saturated carbocycles. The number of para-hydroxylation sites is 1. The van der Waals surface area contributed by atoms with E-state index in [9.17, 15) is 4.79 Å². The fourth-order valence-corrected chi connectivity index (χ4v) is 2.51. The molecule has 0 heterocycles. The number of nitrogens with two attached hydrogens (primary N) is 1. The molecule has 0 aliphatic carbocycles. The van der Waals surface area contributed by atoms with Crippen molar-refractivity contribution in [3.8, 4) is 11.1 Å². The van der Waals surface area contributed by atoms with Crippen molar-refractivity contribution in [2.45, 2.75) is 26.4 Å². The molecule has 2 aromatic carbocycles. The van der Waals surface area contributed by atoms with Gasteiger partial charge in [-0.15, -0.1) is 0 Å². The van der Waals surface area contributed by atoms with Gasteiger partial charge in [-0.1, -0.05) is 56.3 Å². The van der Waals surface area contributed by atoms with E-state index >= 15 is 0 Å². The Kier molecular flexibility index (Phi) is 5.77. The monoisotopic (exact) mass is 312 g/mol. The SMILES string of the molecule is COC(=O)[C@@H](NCc1ccc(-c2ccccc2N)cc1)C(C)C. The second-order valence-corrected chi connectivity index (χ2v) is 5.91. The molecule has 2 rings (SSSR count). The highest BCUT2D eigenvalue weighted by Gasteiger charge is 2.21. The lowest BCUT2D eigenvalue weighted by molar-refractivity contribution is -0.144. The fourth-order valence-electron chi connectivity index (χ4n) is 2.51. The fraction of sp³-hybridized carbons (Fsp3) is 0.316. The van der Waals surface area contributed by atoms with E-state index in [1.54, 1.807) is 0 Å². The number of rotatable bonds is 6. The molecule has 0 spiro atoms. The number of hydrogen-bond donors (Lipinski definition) is 2. The third kappa shape index (κ3) is 4.33. The Bertz CT molecular complexity index is 651. The van der Waals surface area contributed by atoms with Gasteiger partial charge < -0.3 is 15.8 Å². The van der Waals surface area contributed by atoms with E-state index in [2.05, 4.69) is 5.32 Å². The molecule has 0 radical (unpaired) electrons. The largest absolute Gasteiger partial charge is 0.468 e. The topological polar surface area (TPSA) is 64.3 Å². The van der Waals surface area contributed by atoms with E-state index in [0.717, 1.165) is 22.4 Å². The Labute approximate surface area is 137 Å². The predicted octanol–water partition coefficient (Wildman–Crippen LogP) is 3.22. The molecule has 23 heavy (non-hydrogen) atoms. The summed E-state index contributed by atoms with van der Waals surface area (Å²) in [5.74, 6) is -0.0560. The lowest BCUT2D eigenvalue weighted by atomic mass is 10.0. The molecule has 0 saturated heterocycles. The van der Waals surface area contributed by atoms with Crippen LogP contribution in [0.5, 0.6) is 0 Å². The first-order chi connectivity index (χ1) is 11.0. The van der Waals surface area contributed by atoms with Crippen molar-refractivity contribution in [2.75, 3.05) is 12.8 Å². The first-order valence-electron chi connectivity index (χ1n) is 7.78. The molecular formula is C19H24N2O2. The number of nitrogens with one attached hydrogen (secondary N) is 1. The number of esters is 1. The van der Waals surface area contributed by atoms with E-state index in [0.29, 0.717) is 6.54 Å². The molecule has 1 atom stereocenters. The second-order valence-electron chi connectivity index (χ2n) is 5.91. The van der Waals surface area contributed by atoms with Crippen LogP contribution in [0.3, 0.4) is 0 Å². The molecule has 4 heteroatoms. The Morgan fingerprint density at radius 1 is 1.13 bits per heavy atom. The van der Waals surface area contributed by atoms with Crippen molar-refractivity contribution in [1.29, 1.82) is 0 Å². The molecule has 2 aromatic rings. The molecule has 0 aliphatic rings. The first kappa shape index (κ1) is 17.0. The third-order valence-corrected chi connectivity index (χ3v) is 3.87. The van der Waals surface area contributed by atoms with Gasteiger partial charge in [0.15, 0.2) is 0 Å². The Morgan fingerprint density at radius 2 is 1.78 bits per heavy atom. The number of hydrogen-bond acceptors (Lipinski definition) is 4. The number of methoxy groups -OCH3 is 1. The zero-order valence-electron chi connectivity index (χ0n) is 13.9. The average molecular weight is 312 g/mol. The molecular weight excluding hydrogens is 288 g/mol. The predicted molar refractivity (Wildman–Crippen MR) is 93.8 cm³/mol. The van der Waals surface area contributed by atoms with Gasteiger partial charge in [0.1, 0.15) is 6.04 Å². The minimum Gasteiger partial charge on any atom is -0.468 e. The van der Waals surface area contributed by atoms with Gasteiger partial charge in [-0.25, -0.2) is 0 Å². The molecule has 3 N–H and O–H groups in total. The van der Waals surface area contributed by atoms with E-state index < -0.39 is 0 Å². The zero-order valence-corrected chi connectivity index (χ0v) is 13.9. The molecule has 0 aromatic heterocycles. The quantitative estimate of drug-likeness (QED) is 0.635. The lowest BCUT2D eigenvalue weighted by Crippen LogP contribution is -2.41. The Morgan fingerprint density at radius 3 is 2.35 bits per heavy atom. The number of nitrogen functional groups attached to an aromatic ring is 1. The normalized spacial score (nSPS) is 12.2. The van der Waals surface area contributed by atoms with E-state index in [1.807, 2.05) is 62.4 Å². The van der Waals surface area contributed by atoms with E-state index in [4.69, 9.17) is 10.5 Å². The van der Waals surface area contributed by atoms with Crippen LogP contribution >= 0.6 is 0 Å². The van der Waals surface area contributed by atoms with Crippen molar-refractivity contribution >= 4 is 11.7 Å². The highest BCUT2D eigenvalue weighted by molar-refractivity contribution is 5.76. The maximum absolute atomic E-state index is 11.8. The van der Waals surface area contributed by atoms with Crippen LogP contribution in [0.4, 0.5) is 5.69 Å². The molecule has 0 bridgehead atoms. The molecule has 0 fully saturated rings. The number of ether oxygens (including phenoxy) is 1. The summed E-state index contributed by atoms with van der Waals surface area (Å²) in [4.78, 5) is 11.8. The molecule has 0 amide bonds. The summed E-state index contributed by atoms with van der Waals surface area (Å²) in [7, 11) is 1.42. The molecule has 122 valence electrons. The number of carbonyl (C=O) groups is 1. The molecule has 4 nitrogen and oxygen atoms in total. The second kappa shape index (κ2) is 7.79. The first-order valence-corrected chi connectivity index (χ1v) is 7.78. The summed E-state index contributed by atoms with van der Waals surface area (Å²) >= 11 is 0. The van der Waals surface area contributed by atoms with Gasteiger partial charge in [-0.05, 0) is 23.1 Å². The van der Waals surface area contributed by atoms with Crippen LogP contribution in [0.1, 0.15) is 19.4 Å². The zero-order chi connectivity index (χ0) is 16.8. The maximum Gasteiger partial charge on any atom is 0.323 e. The summed E-state index contributed by atoms with van der Waals surface area (Å²) in [5.41, 5.74) is 10.00. The minimum atomic E-state index is -0.301. The highest BCUT2D eigenvalue weighted by atomic mass is 16.5. The summed E-state index contributed by atoms with van der Waals surface area (Å²) in [6.45, 7) is 4.61. The van der Waals surface area contributed by atoms with Gasteiger partial charge in [-0.2, -0.15) is 0 Å². The van der Waals surface area contributed by atoms with Crippen LogP contribution in [0, 0.1) is 5.92 Å². The van der Waals surface area contributed by atoms with Crippen LogP contribution < -0.4 is 11.1 Å². The van der Waals surface area contributed by atoms with Gasteiger partial charge in [0.05, 0.1) is 7.11 Å². The van der Waals surface area contributed by atoms with E-state index in [-0.39, 0.29) is 17.9 Å². The number of benzene rings is 2. The van der Waals surface area contributed by atoms with Gasteiger partial charge in [0.2, 0.25) is 0 Å². The Balaban J connectivity index is 2.06. The summed E-state index contributed by atoms with van der Waals surface area (Å²) in [6.07, 6.45) is 0. The van der Waals surface area contributed by atoms with E-state index in [1.165, 1.54) is 7.11 Å². The van der Waals surface area contributed by atoms with Crippen molar-refractivity contribution in [3.63, 3.8) is 0 Å². The third-order valence-electron chi connectivity index (χ3n) is 3.87. The smallest absolute Gasteiger partial charge is 0.323 e. The van der Waals surface area contributed by atoms with Crippen LogP contribution in [0.15, 0.2) is 48.5 Å². The summed E-state index contributed by atoms with van der Waals surface area (Å²) in [6, 6.07) is 15.7. The highest BCUT2D eigenvalue weighted by Crippen LogP contribution is 2.25. The number of carbonyl (C=O) groups excluding carboxylic acids is 1. The molecule has 0 aliphatic heterocycles. The van der Waals surface area contributed by atoms with Crippen LogP contribution in [-0.2, 0) is 16.1 Å². The van der Waals surface area contributed by atoms with Gasteiger partial charge >= 0.3 is 5.97 Å². The van der Waals surface area contributed by atoms with Crippen molar-refractivity contribution in [1.82, 2.24) is 5.32 Å². The number of anilines is 1. The summed E-state index contributed by atoms with van der Waals surface area (Å²) < 4.78 is 4.84. The van der Waals surface area contributed by atoms with Crippen molar-refractivity contribution in [3.05, 3.63) is 54.1 Å².